The Morgan fingerprint density at radius 3 is 2.39 bits per heavy atom. The lowest BCUT2D eigenvalue weighted by Gasteiger charge is -2.09. The molecule has 0 amide bonds. The molecule has 0 N–H and O–H groups in total. The van der Waals surface area contributed by atoms with Crippen molar-refractivity contribution in [3.8, 4) is 11.5 Å². The Balaban J connectivity index is 2.77. The van der Waals surface area contributed by atoms with E-state index in [9.17, 15) is 4.79 Å². The fraction of sp³-hybridized carbons (Fsp3) is 0.357. The van der Waals surface area contributed by atoms with Crippen LogP contribution in [-0.4, -0.2) is 26.8 Å². The van der Waals surface area contributed by atoms with Gasteiger partial charge in [0.05, 0.1) is 19.8 Å². The molecule has 0 heterocycles. The van der Waals surface area contributed by atoms with Crippen molar-refractivity contribution in [3.63, 3.8) is 0 Å². The Labute approximate surface area is 107 Å². The van der Waals surface area contributed by atoms with Crippen LogP contribution in [0.1, 0.15) is 24.2 Å². The van der Waals surface area contributed by atoms with Crippen molar-refractivity contribution in [2.45, 2.75) is 13.8 Å². The zero-order valence-corrected chi connectivity index (χ0v) is 11.1. The quantitative estimate of drug-likeness (QED) is 0.595. The lowest BCUT2D eigenvalue weighted by atomic mass is 10.2. The van der Waals surface area contributed by atoms with E-state index in [0.717, 1.165) is 5.57 Å². The standard InChI is InChI=1S/C14H18O4/c1-10(2)7-8-18-14(15)11-5-6-12(16-3)13(9-11)17-4/h5-7,9H,8H2,1-4H3. The molecule has 0 aliphatic carbocycles. The van der Waals surface area contributed by atoms with Crippen LogP contribution in [0.3, 0.4) is 0 Å². The molecule has 0 fully saturated rings. The number of esters is 1. The predicted octanol–water partition coefficient (Wildman–Crippen LogP) is 2.83. The predicted molar refractivity (Wildman–Crippen MR) is 69.3 cm³/mol. The molecule has 0 radical (unpaired) electrons. The molecule has 0 bridgehead atoms. The number of methoxy groups -OCH3 is 2. The number of hydrogen-bond acceptors (Lipinski definition) is 4. The average Bonchev–Trinajstić information content (AvgIpc) is 2.37. The van der Waals surface area contributed by atoms with Crippen LogP contribution in [0, 0.1) is 0 Å². The minimum atomic E-state index is -0.381. The Bertz CT molecular complexity index is 445. The Morgan fingerprint density at radius 2 is 1.83 bits per heavy atom. The first-order valence-electron chi connectivity index (χ1n) is 5.61. The molecule has 98 valence electrons. The van der Waals surface area contributed by atoms with Gasteiger partial charge < -0.3 is 14.2 Å². The van der Waals surface area contributed by atoms with Gasteiger partial charge >= 0.3 is 5.97 Å². The van der Waals surface area contributed by atoms with Crippen LogP contribution in [0.4, 0.5) is 0 Å². The molecule has 0 aliphatic heterocycles. The first-order chi connectivity index (χ1) is 8.58. The highest BCUT2D eigenvalue weighted by molar-refractivity contribution is 5.90. The van der Waals surface area contributed by atoms with E-state index in [-0.39, 0.29) is 12.6 Å². The summed E-state index contributed by atoms with van der Waals surface area (Å²) >= 11 is 0. The molecule has 0 spiro atoms. The molecule has 0 unspecified atom stereocenters. The molecular weight excluding hydrogens is 232 g/mol. The normalized spacial score (nSPS) is 9.56. The highest BCUT2D eigenvalue weighted by Gasteiger charge is 2.11. The number of benzene rings is 1. The first-order valence-corrected chi connectivity index (χ1v) is 5.61. The number of hydrogen-bond donors (Lipinski definition) is 0. The smallest absolute Gasteiger partial charge is 0.338 e. The van der Waals surface area contributed by atoms with Gasteiger partial charge in [-0.1, -0.05) is 5.57 Å². The monoisotopic (exact) mass is 250 g/mol. The molecule has 0 atom stereocenters. The maximum absolute atomic E-state index is 11.7. The van der Waals surface area contributed by atoms with Crippen LogP contribution in [0.5, 0.6) is 11.5 Å². The molecule has 0 aliphatic rings. The summed E-state index contributed by atoms with van der Waals surface area (Å²) in [5, 5.41) is 0. The summed E-state index contributed by atoms with van der Waals surface area (Å²) in [4.78, 5) is 11.7. The van der Waals surface area contributed by atoms with Gasteiger partial charge in [-0.05, 0) is 38.1 Å². The fourth-order valence-corrected chi connectivity index (χ4v) is 1.33. The highest BCUT2D eigenvalue weighted by atomic mass is 16.5. The van der Waals surface area contributed by atoms with Gasteiger partial charge in [0.1, 0.15) is 6.61 Å². The maximum atomic E-state index is 11.7. The molecule has 4 heteroatoms. The van der Waals surface area contributed by atoms with E-state index in [1.165, 1.54) is 7.11 Å². The molecule has 18 heavy (non-hydrogen) atoms. The molecule has 4 nitrogen and oxygen atoms in total. The largest absolute Gasteiger partial charge is 0.493 e. The second-order valence-corrected chi connectivity index (χ2v) is 3.95. The summed E-state index contributed by atoms with van der Waals surface area (Å²) in [7, 11) is 3.07. The summed E-state index contributed by atoms with van der Waals surface area (Å²) in [5.41, 5.74) is 1.55. The van der Waals surface area contributed by atoms with Crippen LogP contribution in [0.2, 0.25) is 0 Å². The first kappa shape index (κ1) is 14.1. The molecule has 1 rings (SSSR count). The SMILES string of the molecule is COc1ccc(C(=O)OCC=C(C)C)cc1OC. The molecule has 0 saturated heterocycles. The second-order valence-electron chi connectivity index (χ2n) is 3.95. The second kappa shape index (κ2) is 6.69. The van der Waals surface area contributed by atoms with Crippen molar-refractivity contribution in [2.75, 3.05) is 20.8 Å². The van der Waals surface area contributed by atoms with Crippen LogP contribution in [0.25, 0.3) is 0 Å². The van der Waals surface area contributed by atoms with Gasteiger partial charge in [0.2, 0.25) is 0 Å². The van der Waals surface area contributed by atoms with E-state index in [0.29, 0.717) is 17.1 Å². The van der Waals surface area contributed by atoms with Gasteiger partial charge in [-0.2, -0.15) is 0 Å². The summed E-state index contributed by atoms with van der Waals surface area (Å²) in [5.74, 6) is 0.709. The summed E-state index contributed by atoms with van der Waals surface area (Å²) in [6, 6.07) is 4.92. The van der Waals surface area contributed by atoms with Crippen molar-refractivity contribution in [1.29, 1.82) is 0 Å². The number of carbonyl (C=O) groups excluding carboxylic acids is 1. The van der Waals surface area contributed by atoms with Crippen molar-refractivity contribution in [2.24, 2.45) is 0 Å². The van der Waals surface area contributed by atoms with Crippen LogP contribution in [0.15, 0.2) is 29.8 Å². The summed E-state index contributed by atoms with van der Waals surface area (Å²) in [6.07, 6.45) is 1.85. The van der Waals surface area contributed by atoms with E-state index >= 15 is 0 Å². The minimum absolute atomic E-state index is 0.273. The highest BCUT2D eigenvalue weighted by Crippen LogP contribution is 2.27. The number of carbonyl (C=O) groups is 1. The lowest BCUT2D eigenvalue weighted by molar-refractivity contribution is 0.0548. The third-order valence-electron chi connectivity index (χ3n) is 2.33. The zero-order valence-electron chi connectivity index (χ0n) is 11.1. The number of allylic oxidation sites excluding steroid dienone is 1. The van der Waals surface area contributed by atoms with Gasteiger partial charge in [-0.25, -0.2) is 4.79 Å². The van der Waals surface area contributed by atoms with Gasteiger partial charge in [-0.15, -0.1) is 0 Å². The van der Waals surface area contributed by atoms with E-state index in [1.54, 1.807) is 25.3 Å². The molecule has 1 aromatic carbocycles. The molecule has 0 aromatic heterocycles. The Morgan fingerprint density at radius 1 is 1.17 bits per heavy atom. The minimum Gasteiger partial charge on any atom is -0.493 e. The lowest BCUT2D eigenvalue weighted by Crippen LogP contribution is -2.06. The molecule has 1 aromatic rings. The van der Waals surface area contributed by atoms with Crippen LogP contribution >= 0.6 is 0 Å². The summed E-state index contributed by atoms with van der Waals surface area (Å²) < 4.78 is 15.3. The van der Waals surface area contributed by atoms with Crippen molar-refractivity contribution in [3.05, 3.63) is 35.4 Å². The van der Waals surface area contributed by atoms with E-state index in [4.69, 9.17) is 14.2 Å². The molecular formula is C14H18O4. The zero-order chi connectivity index (χ0) is 13.5. The van der Waals surface area contributed by atoms with Gasteiger partial charge in [-0.3, -0.25) is 0 Å². The van der Waals surface area contributed by atoms with Gasteiger partial charge in [0.25, 0.3) is 0 Å². The van der Waals surface area contributed by atoms with E-state index in [2.05, 4.69) is 0 Å². The van der Waals surface area contributed by atoms with Crippen molar-refractivity contribution < 1.29 is 19.0 Å². The van der Waals surface area contributed by atoms with Crippen LogP contribution in [-0.2, 0) is 4.74 Å². The molecule has 0 saturated carbocycles. The third-order valence-corrected chi connectivity index (χ3v) is 2.33. The Kier molecular flexibility index (Phi) is 5.24. The average molecular weight is 250 g/mol. The topological polar surface area (TPSA) is 44.8 Å². The summed E-state index contributed by atoms with van der Waals surface area (Å²) in [6.45, 7) is 4.17. The van der Waals surface area contributed by atoms with Crippen molar-refractivity contribution >= 4 is 5.97 Å². The van der Waals surface area contributed by atoms with Gasteiger partial charge in [0.15, 0.2) is 11.5 Å². The number of rotatable bonds is 5. The van der Waals surface area contributed by atoms with Gasteiger partial charge in [0, 0.05) is 0 Å². The van der Waals surface area contributed by atoms with Crippen LogP contribution < -0.4 is 9.47 Å². The van der Waals surface area contributed by atoms with E-state index in [1.807, 2.05) is 19.9 Å². The third kappa shape index (κ3) is 3.80. The van der Waals surface area contributed by atoms with Crippen molar-refractivity contribution in [1.82, 2.24) is 0 Å². The number of ether oxygens (including phenoxy) is 3. The fourth-order valence-electron chi connectivity index (χ4n) is 1.33. The Hall–Kier alpha value is -1.97. The maximum Gasteiger partial charge on any atom is 0.338 e. The van der Waals surface area contributed by atoms with E-state index < -0.39 is 0 Å².